The smallest absolute Gasteiger partial charge is 0.294 e. The molecule has 0 spiro atoms. The summed E-state index contributed by atoms with van der Waals surface area (Å²) in [6, 6.07) is 2.54. The standard InChI is InChI=1S/C15H20F3N3O2S/c1-24(22,23)21-9-12-2-4-13(10-21)20(8-12)7-11-3-5-14(19-6-11)15(16,17)18/h3,5-6,12-13H,2,4,7-10H2,1H3. The summed E-state index contributed by atoms with van der Waals surface area (Å²) in [5.74, 6) is 0.265. The topological polar surface area (TPSA) is 53.5 Å². The van der Waals surface area contributed by atoms with Gasteiger partial charge in [-0.3, -0.25) is 9.88 Å². The lowest BCUT2D eigenvalue weighted by Gasteiger charge is -2.36. The van der Waals surface area contributed by atoms with Gasteiger partial charge in [0.1, 0.15) is 5.69 Å². The minimum absolute atomic E-state index is 0.0979. The number of nitrogens with zero attached hydrogens (tertiary/aromatic N) is 3. The maximum absolute atomic E-state index is 12.6. The fourth-order valence-corrected chi connectivity index (χ4v) is 4.45. The van der Waals surface area contributed by atoms with Crippen molar-refractivity contribution in [2.45, 2.75) is 31.6 Å². The Morgan fingerprint density at radius 1 is 1.21 bits per heavy atom. The number of hydrogen-bond donors (Lipinski definition) is 0. The van der Waals surface area contributed by atoms with Gasteiger partial charge in [-0.15, -0.1) is 0 Å². The Kier molecular flexibility index (Phi) is 4.61. The molecule has 3 aliphatic heterocycles. The number of halogens is 3. The molecular weight excluding hydrogens is 343 g/mol. The van der Waals surface area contributed by atoms with Gasteiger partial charge in [-0.1, -0.05) is 6.07 Å². The van der Waals surface area contributed by atoms with Crippen molar-refractivity contribution in [1.29, 1.82) is 0 Å². The largest absolute Gasteiger partial charge is 0.433 e. The van der Waals surface area contributed by atoms with Crippen LogP contribution in [0.2, 0.25) is 0 Å². The second kappa shape index (κ2) is 6.27. The summed E-state index contributed by atoms with van der Waals surface area (Å²) < 4.78 is 62.9. The third-order valence-corrected chi connectivity index (χ3v) is 6.00. The van der Waals surface area contributed by atoms with Gasteiger partial charge in [-0.05, 0) is 30.4 Å². The Balaban J connectivity index is 1.72. The van der Waals surface area contributed by atoms with E-state index in [-0.39, 0.29) is 12.0 Å². The molecule has 24 heavy (non-hydrogen) atoms. The lowest BCUT2D eigenvalue weighted by Crippen LogP contribution is -2.43. The Hall–Kier alpha value is -1.19. The van der Waals surface area contributed by atoms with Gasteiger partial charge in [0, 0.05) is 38.4 Å². The first-order chi connectivity index (χ1) is 11.1. The second-order valence-electron chi connectivity index (χ2n) is 6.66. The summed E-state index contributed by atoms with van der Waals surface area (Å²) in [6.45, 7) is 2.22. The lowest BCUT2D eigenvalue weighted by molar-refractivity contribution is -0.141. The fraction of sp³-hybridized carbons (Fsp3) is 0.667. The van der Waals surface area contributed by atoms with Crippen LogP contribution < -0.4 is 0 Å². The molecule has 1 aromatic heterocycles. The highest BCUT2D eigenvalue weighted by Gasteiger charge is 2.38. The third-order valence-electron chi connectivity index (χ3n) is 4.76. The number of fused-ring (bicyclic) bond motifs is 4. The molecule has 1 aromatic rings. The van der Waals surface area contributed by atoms with Gasteiger partial charge in [0.15, 0.2) is 0 Å². The van der Waals surface area contributed by atoms with Crippen LogP contribution in [0.5, 0.6) is 0 Å². The van der Waals surface area contributed by atoms with Crippen LogP contribution in [0.3, 0.4) is 0 Å². The average Bonchev–Trinajstić information content (AvgIpc) is 2.78. The van der Waals surface area contributed by atoms with Crippen molar-refractivity contribution in [3.63, 3.8) is 0 Å². The monoisotopic (exact) mass is 363 g/mol. The predicted octanol–water partition coefficient (Wildman–Crippen LogP) is 1.96. The molecule has 4 rings (SSSR count). The summed E-state index contributed by atoms with van der Waals surface area (Å²) in [6.07, 6.45) is -0.0585. The normalized spacial score (nSPS) is 26.5. The number of rotatable bonds is 3. The van der Waals surface area contributed by atoms with E-state index >= 15 is 0 Å². The van der Waals surface area contributed by atoms with Crippen molar-refractivity contribution < 1.29 is 21.6 Å². The zero-order valence-electron chi connectivity index (χ0n) is 13.3. The van der Waals surface area contributed by atoms with Gasteiger partial charge in [0.25, 0.3) is 0 Å². The Morgan fingerprint density at radius 2 is 1.96 bits per heavy atom. The minimum Gasteiger partial charge on any atom is -0.294 e. The van der Waals surface area contributed by atoms with Crippen molar-refractivity contribution in [3.05, 3.63) is 29.6 Å². The number of piperidine rings is 1. The number of pyridine rings is 1. The molecule has 9 heteroatoms. The molecule has 3 aliphatic rings. The SMILES string of the molecule is CS(=O)(=O)N1CC2CCC(C1)N(Cc1ccc(C(F)(F)F)nc1)C2. The van der Waals surface area contributed by atoms with Crippen molar-refractivity contribution >= 4 is 10.0 Å². The molecule has 0 N–H and O–H groups in total. The number of aromatic nitrogens is 1. The molecule has 0 aliphatic carbocycles. The van der Waals surface area contributed by atoms with Crippen LogP contribution >= 0.6 is 0 Å². The van der Waals surface area contributed by atoms with Crippen molar-refractivity contribution in [1.82, 2.24) is 14.2 Å². The molecule has 2 unspecified atom stereocenters. The minimum atomic E-state index is -4.43. The van der Waals surface area contributed by atoms with Crippen LogP contribution in [0.1, 0.15) is 24.1 Å². The Labute approximate surface area is 139 Å². The Bertz CT molecular complexity index is 691. The highest BCUT2D eigenvalue weighted by atomic mass is 32.2. The van der Waals surface area contributed by atoms with Crippen LogP contribution in [0.4, 0.5) is 13.2 Å². The van der Waals surface area contributed by atoms with E-state index in [4.69, 9.17) is 0 Å². The number of alkyl halides is 3. The van der Waals surface area contributed by atoms with Crippen LogP contribution in [-0.2, 0) is 22.7 Å². The van der Waals surface area contributed by atoms with Crippen molar-refractivity contribution in [2.75, 3.05) is 25.9 Å². The van der Waals surface area contributed by atoms with Gasteiger partial charge in [-0.2, -0.15) is 13.2 Å². The summed E-state index contributed by atoms with van der Waals surface area (Å²) in [5, 5.41) is 0. The first-order valence-electron chi connectivity index (χ1n) is 7.84. The molecule has 3 saturated heterocycles. The second-order valence-corrected chi connectivity index (χ2v) is 8.64. The average molecular weight is 363 g/mol. The molecule has 2 bridgehead atoms. The quantitative estimate of drug-likeness (QED) is 0.824. The van der Waals surface area contributed by atoms with Gasteiger partial charge in [-0.25, -0.2) is 12.7 Å². The summed E-state index contributed by atoms with van der Waals surface area (Å²) in [4.78, 5) is 5.67. The van der Waals surface area contributed by atoms with E-state index in [9.17, 15) is 21.6 Å². The van der Waals surface area contributed by atoms with E-state index in [1.54, 1.807) is 0 Å². The maximum atomic E-state index is 12.6. The van der Waals surface area contributed by atoms with Crippen molar-refractivity contribution in [2.24, 2.45) is 5.92 Å². The third kappa shape index (κ3) is 3.89. The molecule has 0 saturated carbocycles. The van der Waals surface area contributed by atoms with Crippen LogP contribution in [-0.4, -0.2) is 54.5 Å². The molecule has 2 atom stereocenters. The lowest BCUT2D eigenvalue weighted by atomic mass is 9.94. The number of hydrogen-bond acceptors (Lipinski definition) is 4. The van der Waals surface area contributed by atoms with E-state index in [1.807, 2.05) is 0 Å². The van der Waals surface area contributed by atoms with E-state index in [2.05, 4.69) is 9.88 Å². The first-order valence-corrected chi connectivity index (χ1v) is 9.69. The van der Waals surface area contributed by atoms with E-state index in [0.717, 1.165) is 25.5 Å². The summed E-state index contributed by atoms with van der Waals surface area (Å²) >= 11 is 0. The summed E-state index contributed by atoms with van der Waals surface area (Å²) in [7, 11) is -3.22. The zero-order valence-corrected chi connectivity index (χ0v) is 14.1. The molecule has 134 valence electrons. The van der Waals surface area contributed by atoms with Gasteiger partial charge in [0.2, 0.25) is 10.0 Å². The van der Waals surface area contributed by atoms with E-state index in [0.29, 0.717) is 25.2 Å². The van der Waals surface area contributed by atoms with E-state index < -0.39 is 21.9 Å². The molecule has 4 heterocycles. The summed E-state index contributed by atoms with van der Waals surface area (Å²) in [5.41, 5.74) is -0.187. The van der Waals surface area contributed by atoms with Crippen LogP contribution in [0, 0.1) is 5.92 Å². The van der Waals surface area contributed by atoms with Gasteiger partial charge < -0.3 is 0 Å². The molecule has 0 aromatic carbocycles. The fourth-order valence-electron chi connectivity index (χ4n) is 3.52. The van der Waals surface area contributed by atoms with Crippen LogP contribution in [0.25, 0.3) is 0 Å². The van der Waals surface area contributed by atoms with Crippen molar-refractivity contribution in [3.8, 4) is 0 Å². The van der Waals surface area contributed by atoms with Gasteiger partial charge in [0.05, 0.1) is 6.26 Å². The first kappa shape index (κ1) is 17.6. The highest BCUT2D eigenvalue weighted by Crippen LogP contribution is 2.31. The van der Waals surface area contributed by atoms with Gasteiger partial charge >= 0.3 is 6.18 Å². The van der Waals surface area contributed by atoms with E-state index in [1.165, 1.54) is 22.8 Å². The maximum Gasteiger partial charge on any atom is 0.433 e. The Morgan fingerprint density at radius 3 is 2.54 bits per heavy atom. The molecule has 0 radical (unpaired) electrons. The molecule has 5 nitrogen and oxygen atoms in total. The predicted molar refractivity (Wildman–Crippen MR) is 82.6 cm³/mol. The molecular formula is C15H20F3N3O2S. The molecule has 3 fully saturated rings. The highest BCUT2D eigenvalue weighted by molar-refractivity contribution is 7.88. The zero-order chi connectivity index (χ0) is 17.5. The molecule has 0 amide bonds. The number of sulfonamides is 1. The van der Waals surface area contributed by atoms with Crippen LogP contribution in [0.15, 0.2) is 18.3 Å².